The van der Waals surface area contributed by atoms with Crippen molar-refractivity contribution in [3.8, 4) is 28.4 Å². The molecule has 0 bridgehead atoms. The highest BCUT2D eigenvalue weighted by Gasteiger charge is 2.32. The van der Waals surface area contributed by atoms with Gasteiger partial charge in [-0.05, 0) is 37.3 Å². The molecule has 0 saturated carbocycles. The molecule has 0 unspecified atom stereocenters. The molecule has 0 spiro atoms. The molecule has 0 aliphatic carbocycles. The van der Waals surface area contributed by atoms with Crippen LogP contribution in [0.4, 0.5) is 5.69 Å². The molecular formula is C29H26ClN3O7. The number of anilines is 1. The Morgan fingerprint density at radius 2 is 1.50 bits per heavy atom. The molecule has 1 aromatic heterocycles. The highest BCUT2D eigenvalue weighted by atomic mass is 35.5. The van der Waals surface area contributed by atoms with Crippen LogP contribution in [0.5, 0.6) is 11.5 Å². The molecule has 0 aliphatic rings. The second-order valence-electron chi connectivity index (χ2n) is 8.22. The molecule has 4 aromatic rings. The summed E-state index contributed by atoms with van der Waals surface area (Å²) in [6, 6.07) is 20.7. The van der Waals surface area contributed by atoms with Gasteiger partial charge in [-0.25, -0.2) is 14.3 Å². The molecule has 1 heterocycles. The fraction of sp³-hybridized carbons (Fsp3) is 0.172. The highest BCUT2D eigenvalue weighted by molar-refractivity contribution is 6.33. The van der Waals surface area contributed by atoms with Gasteiger partial charge in [-0.2, -0.15) is 5.10 Å². The number of amides is 1. The molecule has 1 amide bonds. The van der Waals surface area contributed by atoms with Crippen molar-refractivity contribution in [2.24, 2.45) is 0 Å². The molecule has 206 valence electrons. The number of carbonyl (C=O) groups is 3. The summed E-state index contributed by atoms with van der Waals surface area (Å²) in [6.07, 6.45) is 0. The second kappa shape index (κ2) is 12.8. The molecule has 0 atom stereocenters. The Bertz CT molecular complexity index is 1520. The van der Waals surface area contributed by atoms with Crippen LogP contribution < -0.4 is 14.8 Å². The average molecular weight is 564 g/mol. The van der Waals surface area contributed by atoms with E-state index in [0.29, 0.717) is 11.4 Å². The van der Waals surface area contributed by atoms with E-state index in [1.165, 1.54) is 31.0 Å². The first-order valence-corrected chi connectivity index (χ1v) is 12.5. The van der Waals surface area contributed by atoms with Crippen molar-refractivity contribution < 1.29 is 33.3 Å². The van der Waals surface area contributed by atoms with E-state index in [2.05, 4.69) is 10.4 Å². The number of carbonyl (C=O) groups excluding carboxylic acids is 3. The minimum Gasteiger partial charge on any atom is -0.490 e. The van der Waals surface area contributed by atoms with Gasteiger partial charge < -0.3 is 24.3 Å². The number of para-hydroxylation sites is 2. The first-order chi connectivity index (χ1) is 19.4. The van der Waals surface area contributed by atoms with Crippen molar-refractivity contribution in [2.75, 3.05) is 32.8 Å². The Kier molecular flexibility index (Phi) is 9.03. The van der Waals surface area contributed by atoms with Crippen molar-refractivity contribution in [1.82, 2.24) is 9.78 Å². The fourth-order valence-corrected chi connectivity index (χ4v) is 4.15. The van der Waals surface area contributed by atoms with Gasteiger partial charge in [-0.3, -0.25) is 4.79 Å². The molecule has 0 aliphatic heterocycles. The van der Waals surface area contributed by atoms with E-state index in [1.54, 1.807) is 61.5 Å². The van der Waals surface area contributed by atoms with Crippen LogP contribution in [0.15, 0.2) is 72.8 Å². The van der Waals surface area contributed by atoms with E-state index in [0.717, 1.165) is 0 Å². The number of benzene rings is 3. The van der Waals surface area contributed by atoms with Gasteiger partial charge in [0, 0.05) is 17.3 Å². The molecule has 40 heavy (non-hydrogen) atoms. The molecular weight excluding hydrogens is 538 g/mol. The van der Waals surface area contributed by atoms with Crippen molar-refractivity contribution in [3.63, 3.8) is 0 Å². The van der Waals surface area contributed by atoms with Crippen LogP contribution in [0.25, 0.3) is 16.9 Å². The van der Waals surface area contributed by atoms with Crippen LogP contribution in [-0.4, -0.2) is 55.1 Å². The highest BCUT2D eigenvalue weighted by Crippen LogP contribution is 2.40. The van der Waals surface area contributed by atoms with Crippen LogP contribution in [0.2, 0.25) is 5.02 Å². The van der Waals surface area contributed by atoms with E-state index in [1.807, 2.05) is 6.07 Å². The maximum Gasteiger partial charge on any atom is 0.357 e. The van der Waals surface area contributed by atoms with E-state index in [9.17, 15) is 14.4 Å². The third-order valence-electron chi connectivity index (χ3n) is 5.66. The van der Waals surface area contributed by atoms with E-state index >= 15 is 0 Å². The number of esters is 2. The number of hydrogen-bond donors (Lipinski definition) is 1. The maximum absolute atomic E-state index is 13.0. The minimum atomic E-state index is -0.815. The zero-order valence-electron chi connectivity index (χ0n) is 22.0. The molecule has 11 heteroatoms. The number of aromatic nitrogens is 2. The Hall–Kier alpha value is -4.83. The van der Waals surface area contributed by atoms with E-state index in [4.69, 9.17) is 30.5 Å². The number of methoxy groups -OCH3 is 2. The number of hydrogen-bond acceptors (Lipinski definition) is 8. The van der Waals surface area contributed by atoms with Gasteiger partial charge in [-0.1, -0.05) is 48.0 Å². The third kappa shape index (κ3) is 6.08. The van der Waals surface area contributed by atoms with Crippen LogP contribution >= 0.6 is 11.6 Å². The van der Waals surface area contributed by atoms with E-state index < -0.39 is 11.9 Å². The van der Waals surface area contributed by atoms with Crippen LogP contribution in [0.3, 0.4) is 0 Å². The molecule has 0 radical (unpaired) electrons. The third-order valence-corrected chi connectivity index (χ3v) is 5.97. The lowest BCUT2D eigenvalue weighted by atomic mass is 10.0. The summed E-state index contributed by atoms with van der Waals surface area (Å²) in [6.45, 7) is 1.73. The summed E-state index contributed by atoms with van der Waals surface area (Å²) >= 11 is 6.67. The number of rotatable bonds is 10. The number of ether oxygens (including phenoxy) is 4. The van der Waals surface area contributed by atoms with Gasteiger partial charge in [0.15, 0.2) is 23.8 Å². The number of nitrogens with zero attached hydrogens (tertiary/aromatic N) is 2. The van der Waals surface area contributed by atoms with Crippen LogP contribution in [-0.2, 0) is 14.3 Å². The van der Waals surface area contributed by atoms with Crippen molar-refractivity contribution >= 4 is 35.1 Å². The smallest absolute Gasteiger partial charge is 0.357 e. The van der Waals surface area contributed by atoms with Crippen LogP contribution in [0.1, 0.15) is 27.8 Å². The summed E-state index contributed by atoms with van der Waals surface area (Å²) in [4.78, 5) is 38.3. The van der Waals surface area contributed by atoms with Crippen molar-refractivity contribution in [3.05, 3.63) is 89.1 Å². The first kappa shape index (κ1) is 28.2. The molecule has 4 rings (SSSR count). The van der Waals surface area contributed by atoms with Gasteiger partial charge in [0.25, 0.3) is 5.91 Å². The monoisotopic (exact) mass is 563 g/mol. The molecule has 0 saturated heterocycles. The zero-order chi connectivity index (χ0) is 28.6. The average Bonchev–Trinajstić information content (AvgIpc) is 3.37. The predicted octanol–water partition coefficient (Wildman–Crippen LogP) is 5.18. The van der Waals surface area contributed by atoms with Crippen molar-refractivity contribution in [1.29, 1.82) is 0 Å². The van der Waals surface area contributed by atoms with Crippen LogP contribution in [0, 0.1) is 0 Å². The lowest BCUT2D eigenvalue weighted by Gasteiger charge is -2.15. The Morgan fingerprint density at radius 1 is 0.875 bits per heavy atom. The molecule has 3 aromatic carbocycles. The van der Waals surface area contributed by atoms with Gasteiger partial charge in [0.05, 0.1) is 31.5 Å². The summed E-state index contributed by atoms with van der Waals surface area (Å²) in [5.74, 6) is -1.54. The van der Waals surface area contributed by atoms with Gasteiger partial charge in [0.1, 0.15) is 11.3 Å². The number of halogens is 1. The van der Waals surface area contributed by atoms with Gasteiger partial charge in [-0.15, -0.1) is 0 Å². The Labute approximate surface area is 235 Å². The summed E-state index contributed by atoms with van der Waals surface area (Å²) < 4.78 is 22.8. The summed E-state index contributed by atoms with van der Waals surface area (Å²) in [5, 5.41) is 7.43. The molecule has 1 N–H and O–H groups in total. The summed E-state index contributed by atoms with van der Waals surface area (Å²) in [7, 11) is 2.39. The number of nitrogens with one attached hydrogen (secondary N) is 1. The largest absolute Gasteiger partial charge is 0.490 e. The minimum absolute atomic E-state index is 0.0652. The normalized spacial score (nSPS) is 10.5. The summed E-state index contributed by atoms with van der Waals surface area (Å²) in [5.41, 5.74) is 1.19. The zero-order valence-corrected chi connectivity index (χ0v) is 22.7. The lowest BCUT2D eigenvalue weighted by Crippen LogP contribution is -2.20. The predicted molar refractivity (Wildman–Crippen MR) is 148 cm³/mol. The van der Waals surface area contributed by atoms with E-state index in [-0.39, 0.29) is 58.2 Å². The fourth-order valence-electron chi connectivity index (χ4n) is 3.90. The second-order valence-corrected chi connectivity index (χ2v) is 8.62. The Morgan fingerprint density at radius 3 is 2.12 bits per heavy atom. The molecule has 0 fully saturated rings. The molecule has 10 nitrogen and oxygen atoms in total. The lowest BCUT2D eigenvalue weighted by molar-refractivity contribution is -0.118. The Balaban J connectivity index is 1.78. The maximum atomic E-state index is 13.0. The van der Waals surface area contributed by atoms with Gasteiger partial charge >= 0.3 is 11.9 Å². The quantitative estimate of drug-likeness (QED) is 0.262. The topological polar surface area (TPSA) is 118 Å². The standard InChI is InChI=1S/C29H26ClN3O7/c1-4-39-22-15-20(21(30)16-23(22)40-17-24(34)31-18-11-7-5-8-12-18)26-25(28(35)37-2)27(29(36)38-3)33(32-26)19-13-9-6-10-14-19/h5-16H,4,17H2,1-3H3,(H,31,34). The van der Waals surface area contributed by atoms with Crippen molar-refractivity contribution in [2.45, 2.75) is 6.92 Å². The van der Waals surface area contributed by atoms with Gasteiger partial charge in [0.2, 0.25) is 0 Å². The SMILES string of the molecule is CCOc1cc(-c2nn(-c3ccccc3)c(C(=O)OC)c2C(=O)OC)c(Cl)cc1OCC(=O)Nc1ccccc1. The first-order valence-electron chi connectivity index (χ1n) is 12.2.